The number of hydrogen-bond acceptors (Lipinski definition) is 6. The Morgan fingerprint density at radius 2 is 1.59 bits per heavy atom. The van der Waals surface area contributed by atoms with Crippen LogP contribution in [0.15, 0.2) is 54.9 Å². The van der Waals surface area contributed by atoms with Crippen LogP contribution in [-0.4, -0.2) is 63.2 Å². The molecule has 0 radical (unpaired) electrons. The van der Waals surface area contributed by atoms with E-state index >= 15 is 0 Å². The zero-order chi connectivity index (χ0) is 20.2. The van der Waals surface area contributed by atoms with E-state index < -0.39 is 0 Å². The molecule has 2 heterocycles. The Hall–Kier alpha value is -3.26. The van der Waals surface area contributed by atoms with E-state index in [1.54, 1.807) is 4.68 Å². The molecule has 1 saturated heterocycles. The van der Waals surface area contributed by atoms with Crippen molar-refractivity contribution < 1.29 is 4.79 Å². The van der Waals surface area contributed by atoms with Crippen molar-refractivity contribution in [3.63, 3.8) is 0 Å². The SMILES string of the molecule is CC(C)N1CCN(c2ccc(C(=O)Nc3ccc(-n4cnnn4)cc3)cc2)CC1. The highest BCUT2D eigenvalue weighted by Gasteiger charge is 2.19. The molecule has 1 aromatic heterocycles. The van der Waals surface area contributed by atoms with Crippen molar-refractivity contribution in [2.24, 2.45) is 0 Å². The third-order valence-corrected chi connectivity index (χ3v) is 5.28. The maximum atomic E-state index is 12.6. The summed E-state index contributed by atoms with van der Waals surface area (Å²) in [5.41, 5.74) is 3.35. The topological polar surface area (TPSA) is 79.2 Å². The van der Waals surface area contributed by atoms with Crippen molar-refractivity contribution in [1.82, 2.24) is 25.1 Å². The van der Waals surface area contributed by atoms with Gasteiger partial charge in [0.15, 0.2) is 0 Å². The first kappa shape index (κ1) is 19.1. The second-order valence-corrected chi connectivity index (χ2v) is 7.42. The van der Waals surface area contributed by atoms with Crippen LogP contribution in [0.1, 0.15) is 24.2 Å². The molecule has 29 heavy (non-hydrogen) atoms. The lowest BCUT2D eigenvalue weighted by Crippen LogP contribution is -2.48. The number of rotatable bonds is 5. The van der Waals surface area contributed by atoms with Crippen LogP contribution in [0, 0.1) is 0 Å². The molecule has 1 aliphatic heterocycles. The Labute approximate surface area is 170 Å². The molecular formula is C21H25N7O. The molecule has 1 fully saturated rings. The molecule has 0 bridgehead atoms. The minimum absolute atomic E-state index is 0.128. The van der Waals surface area contributed by atoms with Crippen LogP contribution in [0.25, 0.3) is 5.69 Å². The maximum absolute atomic E-state index is 12.6. The van der Waals surface area contributed by atoms with Gasteiger partial charge in [0.2, 0.25) is 0 Å². The van der Waals surface area contributed by atoms with E-state index in [0.29, 0.717) is 11.6 Å². The highest BCUT2D eigenvalue weighted by atomic mass is 16.1. The number of nitrogens with one attached hydrogen (secondary N) is 1. The van der Waals surface area contributed by atoms with Crippen molar-refractivity contribution in [2.75, 3.05) is 36.4 Å². The predicted molar refractivity (Wildman–Crippen MR) is 112 cm³/mol. The van der Waals surface area contributed by atoms with Crippen molar-refractivity contribution in [3.05, 3.63) is 60.4 Å². The molecule has 1 amide bonds. The monoisotopic (exact) mass is 391 g/mol. The van der Waals surface area contributed by atoms with Gasteiger partial charge < -0.3 is 10.2 Å². The first-order valence-corrected chi connectivity index (χ1v) is 9.84. The van der Waals surface area contributed by atoms with Gasteiger partial charge in [-0.15, -0.1) is 5.10 Å². The second-order valence-electron chi connectivity index (χ2n) is 7.42. The second kappa shape index (κ2) is 8.40. The van der Waals surface area contributed by atoms with Gasteiger partial charge in [-0.05, 0) is 72.8 Å². The summed E-state index contributed by atoms with van der Waals surface area (Å²) in [6.45, 7) is 8.64. The van der Waals surface area contributed by atoms with Crippen LogP contribution >= 0.6 is 0 Å². The quantitative estimate of drug-likeness (QED) is 0.720. The van der Waals surface area contributed by atoms with Gasteiger partial charge in [-0.1, -0.05) is 0 Å². The van der Waals surface area contributed by atoms with Crippen LogP contribution in [0.3, 0.4) is 0 Å². The third kappa shape index (κ3) is 4.43. The molecule has 1 N–H and O–H groups in total. The summed E-state index contributed by atoms with van der Waals surface area (Å²) in [5.74, 6) is -0.128. The fourth-order valence-electron chi connectivity index (χ4n) is 3.50. The Morgan fingerprint density at radius 3 is 2.17 bits per heavy atom. The van der Waals surface area contributed by atoms with Gasteiger partial charge in [-0.25, -0.2) is 4.68 Å². The van der Waals surface area contributed by atoms with E-state index in [1.165, 1.54) is 6.33 Å². The summed E-state index contributed by atoms with van der Waals surface area (Å²) in [4.78, 5) is 17.4. The number of aromatic nitrogens is 4. The van der Waals surface area contributed by atoms with Crippen LogP contribution in [0.4, 0.5) is 11.4 Å². The number of benzene rings is 2. The number of hydrogen-bond donors (Lipinski definition) is 1. The summed E-state index contributed by atoms with van der Waals surface area (Å²) in [5, 5.41) is 14.0. The van der Waals surface area contributed by atoms with Gasteiger partial charge in [0.25, 0.3) is 5.91 Å². The molecular weight excluding hydrogens is 366 g/mol. The Morgan fingerprint density at radius 1 is 0.931 bits per heavy atom. The van der Waals surface area contributed by atoms with Gasteiger partial charge in [0, 0.05) is 49.2 Å². The van der Waals surface area contributed by atoms with E-state index in [9.17, 15) is 4.79 Å². The van der Waals surface area contributed by atoms with E-state index in [4.69, 9.17) is 0 Å². The van der Waals surface area contributed by atoms with Crippen LogP contribution in [0.2, 0.25) is 0 Å². The van der Waals surface area contributed by atoms with E-state index in [1.807, 2.05) is 48.5 Å². The molecule has 0 unspecified atom stereocenters. The highest BCUT2D eigenvalue weighted by molar-refractivity contribution is 6.04. The van der Waals surface area contributed by atoms with E-state index in [2.05, 4.69) is 44.5 Å². The smallest absolute Gasteiger partial charge is 0.255 e. The van der Waals surface area contributed by atoms with Crippen molar-refractivity contribution in [2.45, 2.75) is 19.9 Å². The first-order valence-electron chi connectivity index (χ1n) is 9.84. The average Bonchev–Trinajstić information content (AvgIpc) is 3.29. The minimum atomic E-state index is -0.128. The van der Waals surface area contributed by atoms with Gasteiger partial charge in [-0.3, -0.25) is 9.69 Å². The van der Waals surface area contributed by atoms with Gasteiger partial charge in [-0.2, -0.15) is 0 Å². The lowest BCUT2D eigenvalue weighted by molar-refractivity contribution is 0.102. The highest BCUT2D eigenvalue weighted by Crippen LogP contribution is 2.19. The molecule has 4 rings (SSSR count). The van der Waals surface area contributed by atoms with Crippen LogP contribution in [-0.2, 0) is 0 Å². The Bertz CT molecular complexity index is 928. The van der Waals surface area contributed by atoms with Gasteiger partial charge in [0.1, 0.15) is 6.33 Å². The number of amides is 1. The number of tetrazole rings is 1. The summed E-state index contributed by atoms with van der Waals surface area (Å²) in [7, 11) is 0. The molecule has 8 heteroatoms. The van der Waals surface area contributed by atoms with Crippen LogP contribution in [0.5, 0.6) is 0 Å². The summed E-state index contributed by atoms with van der Waals surface area (Å²) < 4.78 is 1.56. The van der Waals surface area contributed by atoms with Crippen molar-refractivity contribution >= 4 is 17.3 Å². The number of anilines is 2. The zero-order valence-corrected chi connectivity index (χ0v) is 16.7. The molecule has 1 aliphatic rings. The normalized spacial score (nSPS) is 14.9. The number of piperazine rings is 1. The van der Waals surface area contributed by atoms with Gasteiger partial charge in [0.05, 0.1) is 5.69 Å². The first-order chi connectivity index (χ1) is 14.1. The molecule has 0 aliphatic carbocycles. The standard InChI is InChI=1S/C21H25N7O/c1-16(2)26-11-13-27(14-12-26)19-7-3-17(4-8-19)21(29)23-18-5-9-20(10-6-18)28-15-22-24-25-28/h3-10,15-16H,11-14H2,1-2H3,(H,23,29). The third-order valence-electron chi connectivity index (χ3n) is 5.28. The zero-order valence-electron chi connectivity index (χ0n) is 16.7. The van der Waals surface area contributed by atoms with E-state index in [0.717, 1.165) is 43.2 Å². The Balaban J connectivity index is 1.36. The Kier molecular flexibility index (Phi) is 5.53. The van der Waals surface area contributed by atoms with Gasteiger partial charge >= 0.3 is 0 Å². The summed E-state index contributed by atoms with van der Waals surface area (Å²) >= 11 is 0. The van der Waals surface area contributed by atoms with Crippen molar-refractivity contribution in [3.8, 4) is 5.69 Å². The lowest BCUT2D eigenvalue weighted by Gasteiger charge is -2.38. The van der Waals surface area contributed by atoms with Crippen molar-refractivity contribution in [1.29, 1.82) is 0 Å². The average molecular weight is 391 g/mol. The number of carbonyl (C=O) groups is 1. The number of carbonyl (C=O) groups excluding carboxylic acids is 1. The fourth-order valence-corrected chi connectivity index (χ4v) is 3.50. The van der Waals surface area contributed by atoms with Crippen LogP contribution < -0.4 is 10.2 Å². The summed E-state index contributed by atoms with van der Waals surface area (Å²) in [6, 6.07) is 15.8. The largest absolute Gasteiger partial charge is 0.369 e. The summed E-state index contributed by atoms with van der Waals surface area (Å²) in [6.07, 6.45) is 1.53. The fraction of sp³-hybridized carbons (Fsp3) is 0.333. The molecule has 0 saturated carbocycles. The lowest BCUT2D eigenvalue weighted by atomic mass is 10.1. The maximum Gasteiger partial charge on any atom is 0.255 e. The predicted octanol–water partition coefficient (Wildman–Crippen LogP) is 2.45. The molecule has 150 valence electrons. The van der Waals surface area contributed by atoms with E-state index in [-0.39, 0.29) is 5.91 Å². The molecule has 0 spiro atoms. The molecule has 3 aromatic rings. The minimum Gasteiger partial charge on any atom is -0.369 e. The molecule has 8 nitrogen and oxygen atoms in total. The molecule has 0 atom stereocenters. The molecule has 2 aromatic carbocycles. The number of nitrogens with zero attached hydrogens (tertiary/aromatic N) is 6.